The molecule has 1 aromatic heterocycles. The summed E-state index contributed by atoms with van der Waals surface area (Å²) in [5, 5.41) is 12.8. The zero-order valence-corrected chi connectivity index (χ0v) is 9.97. The summed E-state index contributed by atoms with van der Waals surface area (Å²) in [5.41, 5.74) is 1.08. The van der Waals surface area contributed by atoms with Gasteiger partial charge in [0.15, 0.2) is 0 Å². The van der Waals surface area contributed by atoms with Crippen LogP contribution >= 0.6 is 11.8 Å². The predicted octanol–water partition coefficient (Wildman–Crippen LogP) is 1.69. The number of hydrogen-bond donors (Lipinski definition) is 2. The van der Waals surface area contributed by atoms with Gasteiger partial charge in [-0.2, -0.15) is 0 Å². The van der Waals surface area contributed by atoms with Gasteiger partial charge in [0.05, 0.1) is 0 Å². The maximum absolute atomic E-state index is 8.69. The minimum Gasteiger partial charge on any atom is -0.396 e. The largest absolute Gasteiger partial charge is 0.396 e. The Kier molecular flexibility index (Phi) is 5.42. The van der Waals surface area contributed by atoms with E-state index in [1.165, 1.54) is 0 Å². The number of nitrogens with one attached hydrogen (secondary N) is 1. The van der Waals surface area contributed by atoms with Gasteiger partial charge < -0.3 is 10.4 Å². The fraction of sp³-hybridized carbons (Fsp3) is 0.600. The number of aliphatic hydroxyl groups excluding tert-OH is 1. The third kappa shape index (κ3) is 4.05. The molecule has 0 amide bonds. The average Bonchev–Trinajstić information content (AvgIpc) is 2.23. The number of rotatable bonds is 6. The van der Waals surface area contributed by atoms with Gasteiger partial charge in [-0.25, -0.2) is 9.97 Å². The Morgan fingerprint density at radius 1 is 1.53 bits per heavy atom. The molecule has 0 aliphatic heterocycles. The highest BCUT2D eigenvalue weighted by Crippen LogP contribution is 2.20. The van der Waals surface area contributed by atoms with Gasteiger partial charge >= 0.3 is 0 Å². The van der Waals surface area contributed by atoms with Crippen molar-refractivity contribution in [1.29, 1.82) is 0 Å². The van der Waals surface area contributed by atoms with Crippen molar-refractivity contribution in [3.8, 4) is 0 Å². The molecule has 0 unspecified atom stereocenters. The Morgan fingerprint density at radius 3 is 3.00 bits per heavy atom. The van der Waals surface area contributed by atoms with Crippen molar-refractivity contribution >= 4 is 17.7 Å². The predicted molar refractivity (Wildman–Crippen MR) is 63.4 cm³/mol. The molecular weight excluding hydrogens is 210 g/mol. The van der Waals surface area contributed by atoms with E-state index in [1.807, 2.05) is 20.0 Å². The monoisotopic (exact) mass is 227 g/mol. The third-order valence-corrected chi connectivity index (χ3v) is 2.98. The highest BCUT2D eigenvalue weighted by Gasteiger charge is 2.03. The molecule has 0 aliphatic rings. The normalized spacial score (nSPS) is 10.3. The first-order chi connectivity index (χ1) is 7.27. The molecule has 1 heterocycles. The van der Waals surface area contributed by atoms with Gasteiger partial charge in [-0.3, -0.25) is 0 Å². The summed E-state index contributed by atoms with van der Waals surface area (Å²) in [6.07, 6.45) is 2.62. The molecule has 15 heavy (non-hydrogen) atoms. The summed E-state index contributed by atoms with van der Waals surface area (Å²) >= 11 is 1.66. The van der Waals surface area contributed by atoms with E-state index in [-0.39, 0.29) is 6.61 Å². The molecule has 0 atom stereocenters. The number of hydrogen-bond acceptors (Lipinski definition) is 5. The van der Waals surface area contributed by atoms with Crippen LogP contribution in [0.15, 0.2) is 11.2 Å². The lowest BCUT2D eigenvalue weighted by atomic mass is 10.4. The maximum atomic E-state index is 8.69. The Balaban J connectivity index is 2.63. The summed E-state index contributed by atoms with van der Waals surface area (Å²) in [4.78, 5) is 8.56. The third-order valence-electron chi connectivity index (χ3n) is 1.80. The van der Waals surface area contributed by atoms with Gasteiger partial charge in [-0.05, 0) is 25.8 Å². The first-order valence-corrected chi connectivity index (χ1v) is 6.07. The van der Waals surface area contributed by atoms with E-state index < -0.39 is 0 Å². The van der Waals surface area contributed by atoms with Crippen LogP contribution < -0.4 is 5.32 Å². The van der Waals surface area contributed by atoms with Crippen LogP contribution in [0.5, 0.6) is 0 Å². The highest BCUT2D eigenvalue weighted by molar-refractivity contribution is 7.99. The molecule has 5 heteroatoms. The lowest BCUT2D eigenvalue weighted by Crippen LogP contribution is -2.03. The number of aliphatic hydroxyl groups is 1. The van der Waals surface area contributed by atoms with E-state index in [1.54, 1.807) is 11.8 Å². The van der Waals surface area contributed by atoms with E-state index in [9.17, 15) is 0 Å². The van der Waals surface area contributed by atoms with Gasteiger partial charge in [-0.15, -0.1) is 11.8 Å². The fourth-order valence-corrected chi connectivity index (χ4v) is 1.95. The Labute approximate surface area is 94.5 Å². The molecule has 4 nitrogen and oxygen atoms in total. The van der Waals surface area contributed by atoms with Crippen molar-refractivity contribution in [2.75, 3.05) is 24.2 Å². The summed E-state index contributed by atoms with van der Waals surface area (Å²) in [6.45, 7) is 5.07. The van der Waals surface area contributed by atoms with Crippen LogP contribution in [0.1, 0.15) is 18.9 Å². The van der Waals surface area contributed by atoms with Gasteiger partial charge in [-0.1, -0.05) is 0 Å². The first-order valence-electron chi connectivity index (χ1n) is 5.09. The van der Waals surface area contributed by atoms with Crippen LogP contribution in [-0.2, 0) is 0 Å². The molecule has 1 rings (SSSR count). The quantitative estimate of drug-likeness (QED) is 0.440. The molecular formula is C10H17N3OS. The Bertz CT molecular complexity index is 307. The second-order valence-corrected chi connectivity index (χ2v) is 4.22. The molecule has 0 bridgehead atoms. The molecule has 0 saturated carbocycles. The molecule has 0 aromatic carbocycles. The van der Waals surface area contributed by atoms with E-state index in [0.717, 1.165) is 29.3 Å². The number of thioether (sulfide) groups is 1. The van der Waals surface area contributed by atoms with Crippen LogP contribution in [0.3, 0.4) is 0 Å². The van der Waals surface area contributed by atoms with Gasteiger partial charge in [0.25, 0.3) is 0 Å². The van der Waals surface area contributed by atoms with Crippen LogP contribution in [0, 0.1) is 6.92 Å². The molecule has 1 aromatic rings. The zero-order chi connectivity index (χ0) is 11.1. The number of aryl methyl sites for hydroxylation is 1. The van der Waals surface area contributed by atoms with E-state index in [0.29, 0.717) is 5.95 Å². The van der Waals surface area contributed by atoms with Crippen molar-refractivity contribution in [2.45, 2.75) is 25.3 Å². The lowest BCUT2D eigenvalue weighted by Gasteiger charge is -2.06. The smallest absolute Gasteiger partial charge is 0.223 e. The molecule has 0 radical (unpaired) electrons. The molecule has 0 saturated heterocycles. The second-order valence-electron chi connectivity index (χ2n) is 3.14. The zero-order valence-electron chi connectivity index (χ0n) is 9.16. The Hall–Kier alpha value is -0.810. The standard InChI is InChI=1S/C10H17N3OS/c1-3-11-10-12-7-8(2)9(13-10)15-6-4-5-14/h7,14H,3-6H2,1-2H3,(H,11,12,13). The van der Waals surface area contributed by atoms with Crippen LogP contribution in [0.25, 0.3) is 0 Å². The SMILES string of the molecule is CCNc1ncc(C)c(SCCCO)n1. The van der Waals surface area contributed by atoms with Crippen molar-refractivity contribution < 1.29 is 5.11 Å². The fourth-order valence-electron chi connectivity index (χ4n) is 1.05. The summed E-state index contributed by atoms with van der Waals surface area (Å²) in [6, 6.07) is 0. The van der Waals surface area contributed by atoms with Gasteiger partial charge in [0, 0.05) is 25.1 Å². The van der Waals surface area contributed by atoms with E-state index >= 15 is 0 Å². The van der Waals surface area contributed by atoms with Crippen molar-refractivity contribution in [3.05, 3.63) is 11.8 Å². The van der Waals surface area contributed by atoms with Crippen molar-refractivity contribution in [1.82, 2.24) is 9.97 Å². The molecule has 0 spiro atoms. The summed E-state index contributed by atoms with van der Waals surface area (Å²) in [7, 11) is 0. The topological polar surface area (TPSA) is 58.0 Å². The van der Waals surface area contributed by atoms with E-state index in [4.69, 9.17) is 5.11 Å². The highest BCUT2D eigenvalue weighted by atomic mass is 32.2. The number of anilines is 1. The minimum atomic E-state index is 0.233. The van der Waals surface area contributed by atoms with Crippen molar-refractivity contribution in [2.24, 2.45) is 0 Å². The molecule has 0 fully saturated rings. The summed E-state index contributed by atoms with van der Waals surface area (Å²) < 4.78 is 0. The van der Waals surface area contributed by atoms with Gasteiger partial charge in [0.2, 0.25) is 5.95 Å². The number of aromatic nitrogens is 2. The van der Waals surface area contributed by atoms with Crippen LogP contribution in [0.4, 0.5) is 5.95 Å². The molecule has 84 valence electrons. The minimum absolute atomic E-state index is 0.233. The summed E-state index contributed by atoms with van der Waals surface area (Å²) in [5.74, 6) is 1.56. The molecule has 2 N–H and O–H groups in total. The van der Waals surface area contributed by atoms with Crippen LogP contribution in [-0.4, -0.2) is 34.0 Å². The van der Waals surface area contributed by atoms with E-state index in [2.05, 4.69) is 15.3 Å². The maximum Gasteiger partial charge on any atom is 0.223 e. The number of nitrogens with zero attached hydrogens (tertiary/aromatic N) is 2. The first kappa shape index (κ1) is 12.3. The lowest BCUT2D eigenvalue weighted by molar-refractivity contribution is 0.296. The Morgan fingerprint density at radius 2 is 2.33 bits per heavy atom. The second kappa shape index (κ2) is 6.63. The van der Waals surface area contributed by atoms with Crippen molar-refractivity contribution in [3.63, 3.8) is 0 Å². The molecule has 0 aliphatic carbocycles. The van der Waals surface area contributed by atoms with Gasteiger partial charge in [0.1, 0.15) is 5.03 Å². The van der Waals surface area contributed by atoms with Crippen LogP contribution in [0.2, 0.25) is 0 Å². The average molecular weight is 227 g/mol.